The molecule has 2 aromatic carbocycles. The number of hydrogen-bond acceptors (Lipinski definition) is 7. The molecule has 29 heavy (non-hydrogen) atoms. The first kappa shape index (κ1) is 23.4. The van der Waals surface area contributed by atoms with E-state index < -0.39 is 23.9 Å². The van der Waals surface area contributed by atoms with Gasteiger partial charge in [-0.15, -0.1) is 0 Å². The number of carbonyl (C=O) groups is 4. The van der Waals surface area contributed by atoms with E-state index in [-0.39, 0.29) is 11.3 Å². The number of esters is 3. The Morgan fingerprint density at radius 2 is 1.17 bits per heavy atom. The summed E-state index contributed by atoms with van der Waals surface area (Å²) in [5, 5.41) is 8.78. The fourth-order valence-electron chi connectivity index (χ4n) is 2.32. The van der Waals surface area contributed by atoms with E-state index in [4.69, 9.17) is 14.6 Å². The number of methoxy groups -OCH3 is 1. The van der Waals surface area contributed by atoms with Crippen LogP contribution < -0.4 is 9.47 Å². The minimum absolute atomic E-state index is 0.142. The molecule has 0 bridgehead atoms. The van der Waals surface area contributed by atoms with Crippen molar-refractivity contribution in [1.29, 1.82) is 0 Å². The number of hydrogen-bond donors (Lipinski definition) is 1. The summed E-state index contributed by atoms with van der Waals surface area (Å²) < 4.78 is 14.4. The molecule has 2 rings (SSSR count). The molecule has 0 aliphatic heterocycles. The topological polar surface area (TPSA) is 116 Å². The van der Waals surface area contributed by atoms with Crippen molar-refractivity contribution in [3.05, 3.63) is 58.7 Å². The second-order valence-electron chi connectivity index (χ2n) is 5.84. The summed E-state index contributed by atoms with van der Waals surface area (Å²) in [5.74, 6) is -1.68. The van der Waals surface area contributed by atoms with E-state index in [0.29, 0.717) is 22.4 Å². The van der Waals surface area contributed by atoms with Crippen molar-refractivity contribution in [3.63, 3.8) is 0 Å². The Hall–Kier alpha value is -3.68. The zero-order chi connectivity index (χ0) is 22.1. The molecule has 8 heteroatoms. The summed E-state index contributed by atoms with van der Waals surface area (Å²) >= 11 is 0. The van der Waals surface area contributed by atoms with Gasteiger partial charge in [0, 0.05) is 25.0 Å². The Labute approximate surface area is 168 Å². The first-order valence-electron chi connectivity index (χ1n) is 8.46. The van der Waals surface area contributed by atoms with Crippen LogP contribution >= 0.6 is 0 Å². The van der Waals surface area contributed by atoms with E-state index in [1.165, 1.54) is 33.1 Å². The first-order chi connectivity index (χ1) is 13.6. The van der Waals surface area contributed by atoms with Gasteiger partial charge in [0.05, 0.1) is 18.2 Å². The molecule has 0 amide bonds. The van der Waals surface area contributed by atoms with Gasteiger partial charge >= 0.3 is 23.9 Å². The highest BCUT2D eigenvalue weighted by atomic mass is 16.5. The van der Waals surface area contributed by atoms with Gasteiger partial charge in [-0.25, -0.2) is 9.59 Å². The van der Waals surface area contributed by atoms with E-state index in [0.717, 1.165) is 0 Å². The zero-order valence-electron chi connectivity index (χ0n) is 16.8. The summed E-state index contributed by atoms with van der Waals surface area (Å²) in [6.07, 6.45) is 0. The third-order valence-corrected chi connectivity index (χ3v) is 3.71. The number of benzene rings is 2. The number of carbonyl (C=O) groups excluding carboxylic acids is 3. The first-order valence-corrected chi connectivity index (χ1v) is 8.46. The molecule has 0 aromatic heterocycles. The average Bonchev–Trinajstić information content (AvgIpc) is 2.64. The maximum absolute atomic E-state index is 11.3. The normalized spacial score (nSPS) is 9.55. The summed E-state index contributed by atoms with van der Waals surface area (Å²) in [7, 11) is 1.31. The van der Waals surface area contributed by atoms with Crippen LogP contribution in [0.3, 0.4) is 0 Å². The summed E-state index contributed by atoms with van der Waals surface area (Å²) in [6, 6.07) is 9.44. The Morgan fingerprint density at radius 1 is 0.759 bits per heavy atom. The predicted molar refractivity (Wildman–Crippen MR) is 103 cm³/mol. The Bertz CT molecular complexity index is 930. The molecule has 0 saturated heterocycles. The number of aromatic carboxylic acids is 1. The molecule has 0 radical (unpaired) electrons. The van der Waals surface area contributed by atoms with Gasteiger partial charge in [0.25, 0.3) is 0 Å². The fraction of sp³-hybridized carbons (Fsp3) is 0.238. The average molecular weight is 402 g/mol. The molecule has 0 aliphatic carbocycles. The minimum Gasteiger partial charge on any atom is -0.478 e. The minimum atomic E-state index is -1.03. The summed E-state index contributed by atoms with van der Waals surface area (Å²) in [6.45, 7) is 5.88. The third-order valence-electron chi connectivity index (χ3n) is 3.71. The Balaban J connectivity index is 0.000000291. The van der Waals surface area contributed by atoms with Gasteiger partial charge in [0.1, 0.15) is 11.5 Å². The number of carboxylic acid groups (broad SMARTS) is 1. The van der Waals surface area contributed by atoms with Crippen LogP contribution in [0.4, 0.5) is 0 Å². The van der Waals surface area contributed by atoms with Gasteiger partial charge in [-0.05, 0) is 38.1 Å². The lowest BCUT2D eigenvalue weighted by Gasteiger charge is -2.08. The van der Waals surface area contributed by atoms with Crippen LogP contribution in [0.5, 0.6) is 11.5 Å². The lowest BCUT2D eigenvalue weighted by Crippen LogP contribution is -2.08. The second kappa shape index (κ2) is 10.6. The van der Waals surface area contributed by atoms with Crippen molar-refractivity contribution in [3.8, 4) is 11.5 Å². The molecular formula is C21H22O8. The van der Waals surface area contributed by atoms with E-state index in [2.05, 4.69) is 4.74 Å². The third kappa shape index (κ3) is 6.76. The van der Waals surface area contributed by atoms with Crippen LogP contribution in [-0.4, -0.2) is 36.1 Å². The SMILES string of the molecule is CC(=O)Oc1cccc(C(=O)O)c1C.COC(=O)c1cccc(OC(C)=O)c1C. The number of ether oxygens (including phenoxy) is 3. The van der Waals surface area contributed by atoms with Crippen molar-refractivity contribution in [2.75, 3.05) is 7.11 Å². The molecule has 1 N–H and O–H groups in total. The molecular weight excluding hydrogens is 380 g/mol. The molecule has 2 aromatic rings. The zero-order valence-corrected chi connectivity index (χ0v) is 16.8. The molecule has 0 heterocycles. The van der Waals surface area contributed by atoms with Crippen molar-refractivity contribution in [2.24, 2.45) is 0 Å². The van der Waals surface area contributed by atoms with Gasteiger partial charge in [0.2, 0.25) is 0 Å². The molecule has 0 unspecified atom stereocenters. The van der Waals surface area contributed by atoms with Crippen LogP contribution in [0, 0.1) is 13.8 Å². The van der Waals surface area contributed by atoms with E-state index in [1.54, 1.807) is 38.1 Å². The largest absolute Gasteiger partial charge is 0.478 e. The van der Waals surface area contributed by atoms with E-state index in [1.807, 2.05) is 0 Å². The van der Waals surface area contributed by atoms with Crippen LogP contribution in [0.15, 0.2) is 36.4 Å². The van der Waals surface area contributed by atoms with E-state index >= 15 is 0 Å². The van der Waals surface area contributed by atoms with Crippen molar-refractivity contribution >= 4 is 23.9 Å². The molecule has 0 spiro atoms. The molecule has 0 saturated carbocycles. The standard InChI is InChI=1S/C11H12O4.C10H10O4/c1-7-9(11(13)14-3)5-4-6-10(7)15-8(2)12;1-6-8(10(12)13)4-3-5-9(6)14-7(2)11/h4-6H,1-3H3;3-5H,1-2H3,(H,12,13). The highest BCUT2D eigenvalue weighted by molar-refractivity contribution is 5.92. The molecule has 154 valence electrons. The molecule has 0 atom stereocenters. The van der Waals surface area contributed by atoms with Gasteiger partial charge in [-0.3, -0.25) is 9.59 Å². The smallest absolute Gasteiger partial charge is 0.338 e. The maximum Gasteiger partial charge on any atom is 0.338 e. The quantitative estimate of drug-likeness (QED) is 0.611. The molecule has 0 fully saturated rings. The highest BCUT2D eigenvalue weighted by Gasteiger charge is 2.13. The number of carboxylic acids is 1. The van der Waals surface area contributed by atoms with Gasteiger partial charge in [-0.2, -0.15) is 0 Å². The van der Waals surface area contributed by atoms with Crippen molar-refractivity contribution in [1.82, 2.24) is 0 Å². The Kier molecular flexibility index (Phi) is 8.54. The van der Waals surface area contributed by atoms with Crippen LogP contribution in [0.1, 0.15) is 45.7 Å². The van der Waals surface area contributed by atoms with Crippen LogP contribution in [0.2, 0.25) is 0 Å². The van der Waals surface area contributed by atoms with Crippen LogP contribution in [0.25, 0.3) is 0 Å². The molecule has 8 nitrogen and oxygen atoms in total. The van der Waals surface area contributed by atoms with Gasteiger partial charge in [-0.1, -0.05) is 12.1 Å². The van der Waals surface area contributed by atoms with Crippen molar-refractivity contribution in [2.45, 2.75) is 27.7 Å². The number of rotatable bonds is 4. The lowest BCUT2D eigenvalue weighted by molar-refractivity contribution is -0.132. The van der Waals surface area contributed by atoms with Gasteiger partial charge < -0.3 is 19.3 Å². The monoisotopic (exact) mass is 402 g/mol. The lowest BCUT2D eigenvalue weighted by atomic mass is 10.1. The summed E-state index contributed by atoms with van der Waals surface area (Å²) in [4.78, 5) is 43.5. The van der Waals surface area contributed by atoms with Crippen molar-refractivity contribution < 1.29 is 38.5 Å². The Morgan fingerprint density at radius 3 is 1.55 bits per heavy atom. The summed E-state index contributed by atoms with van der Waals surface area (Å²) in [5.41, 5.74) is 1.59. The predicted octanol–water partition coefficient (Wildman–Crippen LogP) is 3.33. The second-order valence-corrected chi connectivity index (χ2v) is 5.84. The molecule has 0 aliphatic rings. The van der Waals surface area contributed by atoms with Crippen LogP contribution in [-0.2, 0) is 14.3 Å². The fourth-order valence-corrected chi connectivity index (χ4v) is 2.32. The van der Waals surface area contributed by atoms with Gasteiger partial charge in [0.15, 0.2) is 0 Å². The highest BCUT2D eigenvalue weighted by Crippen LogP contribution is 2.22. The van der Waals surface area contributed by atoms with E-state index in [9.17, 15) is 19.2 Å². The maximum atomic E-state index is 11.3.